The molecular weight excluding hydrogens is 248 g/mol. The molecule has 110 valence electrons. The molecule has 0 unspecified atom stereocenters. The molecule has 0 atom stereocenters. The third kappa shape index (κ3) is 3.53. The van der Waals surface area contributed by atoms with Crippen molar-refractivity contribution in [2.75, 3.05) is 11.4 Å². The van der Waals surface area contributed by atoms with Gasteiger partial charge in [-0.3, -0.25) is 4.79 Å². The Morgan fingerprint density at radius 3 is 2.65 bits per heavy atom. The summed E-state index contributed by atoms with van der Waals surface area (Å²) in [7, 11) is 0. The summed E-state index contributed by atoms with van der Waals surface area (Å²) in [5.41, 5.74) is 1.93. The van der Waals surface area contributed by atoms with E-state index in [0.717, 1.165) is 12.1 Å². The Morgan fingerprint density at radius 1 is 1.35 bits per heavy atom. The second-order valence-corrected chi connectivity index (χ2v) is 5.90. The van der Waals surface area contributed by atoms with Crippen LogP contribution in [0.2, 0.25) is 0 Å². The van der Waals surface area contributed by atoms with Crippen molar-refractivity contribution in [2.24, 2.45) is 0 Å². The average molecular weight is 274 g/mol. The van der Waals surface area contributed by atoms with Crippen molar-refractivity contribution >= 4 is 11.6 Å². The smallest absolute Gasteiger partial charge is 0.251 e. The Bertz CT molecular complexity index is 450. The summed E-state index contributed by atoms with van der Waals surface area (Å²) in [4.78, 5) is 14.6. The van der Waals surface area contributed by atoms with Crippen LogP contribution in [0.5, 0.6) is 0 Å². The van der Waals surface area contributed by atoms with Crippen LogP contribution < -0.4 is 10.2 Å². The van der Waals surface area contributed by atoms with Crippen molar-refractivity contribution in [3.8, 4) is 0 Å². The fourth-order valence-corrected chi connectivity index (χ4v) is 3.04. The molecule has 1 amide bonds. The summed E-state index contributed by atoms with van der Waals surface area (Å²) in [5.74, 6) is 0.0179. The summed E-state index contributed by atoms with van der Waals surface area (Å²) < 4.78 is 0. The molecule has 1 aromatic rings. The minimum absolute atomic E-state index is 0.0179. The first-order chi connectivity index (χ1) is 9.61. The van der Waals surface area contributed by atoms with Crippen molar-refractivity contribution in [2.45, 2.75) is 58.5 Å². The maximum atomic E-state index is 12.1. The molecule has 1 fully saturated rings. The van der Waals surface area contributed by atoms with E-state index in [4.69, 9.17) is 0 Å². The zero-order valence-electron chi connectivity index (χ0n) is 12.9. The van der Waals surface area contributed by atoms with Gasteiger partial charge in [0.05, 0.1) is 0 Å². The standard InChI is InChI=1S/C17H26N2O/c1-4-19(15-9-5-6-10-15)16-11-7-8-14(12-16)17(20)18-13(2)3/h7-8,11-13,15H,4-6,9-10H2,1-3H3,(H,18,20). The molecule has 0 saturated heterocycles. The van der Waals surface area contributed by atoms with E-state index < -0.39 is 0 Å². The van der Waals surface area contributed by atoms with Crippen molar-refractivity contribution in [1.82, 2.24) is 5.32 Å². The monoisotopic (exact) mass is 274 g/mol. The molecule has 0 bridgehead atoms. The highest BCUT2D eigenvalue weighted by molar-refractivity contribution is 5.95. The van der Waals surface area contributed by atoms with Crippen LogP contribution in [0.15, 0.2) is 24.3 Å². The molecule has 0 radical (unpaired) electrons. The molecule has 1 aromatic carbocycles. The second kappa shape index (κ2) is 6.78. The Kier molecular flexibility index (Phi) is 5.05. The first-order valence-electron chi connectivity index (χ1n) is 7.79. The fraction of sp³-hybridized carbons (Fsp3) is 0.588. The van der Waals surface area contributed by atoms with Gasteiger partial charge in [-0.2, -0.15) is 0 Å². The minimum Gasteiger partial charge on any atom is -0.369 e. The Morgan fingerprint density at radius 2 is 2.05 bits per heavy atom. The van der Waals surface area contributed by atoms with Gasteiger partial charge in [-0.25, -0.2) is 0 Å². The number of nitrogens with one attached hydrogen (secondary N) is 1. The van der Waals surface area contributed by atoms with E-state index in [1.54, 1.807) is 0 Å². The summed E-state index contributed by atoms with van der Waals surface area (Å²) in [6.07, 6.45) is 5.20. The first kappa shape index (κ1) is 14.9. The number of hydrogen-bond donors (Lipinski definition) is 1. The summed E-state index contributed by atoms with van der Waals surface area (Å²) in [5, 5.41) is 2.96. The van der Waals surface area contributed by atoms with Crippen LogP contribution in [0.4, 0.5) is 5.69 Å². The molecule has 2 rings (SSSR count). The van der Waals surface area contributed by atoms with Gasteiger partial charge >= 0.3 is 0 Å². The molecule has 1 saturated carbocycles. The van der Waals surface area contributed by atoms with E-state index in [2.05, 4.69) is 23.2 Å². The topological polar surface area (TPSA) is 32.3 Å². The number of carbonyl (C=O) groups is 1. The van der Waals surface area contributed by atoms with Crippen LogP contribution in [-0.2, 0) is 0 Å². The molecule has 0 aromatic heterocycles. The van der Waals surface area contributed by atoms with Gasteiger partial charge in [0.2, 0.25) is 0 Å². The predicted octanol–water partition coefficient (Wildman–Crippen LogP) is 3.59. The largest absolute Gasteiger partial charge is 0.369 e. The average Bonchev–Trinajstić information content (AvgIpc) is 2.93. The highest BCUT2D eigenvalue weighted by Gasteiger charge is 2.22. The molecule has 20 heavy (non-hydrogen) atoms. The van der Waals surface area contributed by atoms with Crippen LogP contribution >= 0.6 is 0 Å². The van der Waals surface area contributed by atoms with E-state index in [9.17, 15) is 4.79 Å². The van der Waals surface area contributed by atoms with Crippen LogP contribution in [0.3, 0.4) is 0 Å². The summed E-state index contributed by atoms with van der Waals surface area (Å²) in [6, 6.07) is 8.84. The number of carbonyl (C=O) groups excluding carboxylic acids is 1. The summed E-state index contributed by atoms with van der Waals surface area (Å²) >= 11 is 0. The lowest BCUT2D eigenvalue weighted by molar-refractivity contribution is 0.0943. The van der Waals surface area contributed by atoms with E-state index in [1.165, 1.54) is 31.4 Å². The molecular formula is C17H26N2O. The van der Waals surface area contributed by atoms with Gasteiger partial charge in [-0.1, -0.05) is 18.9 Å². The lowest BCUT2D eigenvalue weighted by atomic mass is 10.1. The van der Waals surface area contributed by atoms with Gasteiger partial charge in [-0.05, 0) is 51.8 Å². The zero-order chi connectivity index (χ0) is 14.5. The molecule has 0 spiro atoms. The number of hydrogen-bond acceptors (Lipinski definition) is 2. The van der Waals surface area contributed by atoms with E-state index in [-0.39, 0.29) is 11.9 Å². The number of anilines is 1. The van der Waals surface area contributed by atoms with Gasteiger partial charge in [0.1, 0.15) is 0 Å². The molecule has 1 aliphatic carbocycles. The Hall–Kier alpha value is -1.51. The molecule has 1 N–H and O–H groups in total. The zero-order valence-corrected chi connectivity index (χ0v) is 12.9. The second-order valence-electron chi connectivity index (χ2n) is 5.90. The lowest BCUT2D eigenvalue weighted by Gasteiger charge is -2.30. The quantitative estimate of drug-likeness (QED) is 0.890. The van der Waals surface area contributed by atoms with Crippen LogP contribution in [0.25, 0.3) is 0 Å². The van der Waals surface area contributed by atoms with Gasteiger partial charge in [0.25, 0.3) is 5.91 Å². The van der Waals surface area contributed by atoms with Crippen molar-refractivity contribution in [3.05, 3.63) is 29.8 Å². The molecule has 3 heteroatoms. The summed E-state index contributed by atoms with van der Waals surface area (Å²) in [6.45, 7) is 7.16. The number of rotatable bonds is 5. The van der Waals surface area contributed by atoms with Crippen LogP contribution in [0.1, 0.15) is 56.8 Å². The van der Waals surface area contributed by atoms with Gasteiger partial charge in [0, 0.05) is 29.9 Å². The highest BCUT2D eigenvalue weighted by atomic mass is 16.1. The lowest BCUT2D eigenvalue weighted by Crippen LogP contribution is -2.33. The first-order valence-corrected chi connectivity index (χ1v) is 7.79. The van der Waals surface area contributed by atoms with Crippen LogP contribution in [-0.4, -0.2) is 24.5 Å². The molecule has 1 aliphatic rings. The Balaban J connectivity index is 2.17. The van der Waals surface area contributed by atoms with E-state index >= 15 is 0 Å². The minimum atomic E-state index is 0.0179. The third-order valence-corrected chi connectivity index (χ3v) is 3.97. The van der Waals surface area contributed by atoms with Crippen molar-refractivity contribution in [1.29, 1.82) is 0 Å². The Labute approximate surface area is 122 Å². The number of amides is 1. The van der Waals surface area contributed by atoms with Gasteiger partial charge < -0.3 is 10.2 Å². The fourth-order valence-electron chi connectivity index (χ4n) is 3.04. The van der Waals surface area contributed by atoms with Crippen molar-refractivity contribution < 1.29 is 4.79 Å². The van der Waals surface area contributed by atoms with E-state index in [0.29, 0.717) is 6.04 Å². The van der Waals surface area contributed by atoms with Gasteiger partial charge in [-0.15, -0.1) is 0 Å². The van der Waals surface area contributed by atoms with E-state index in [1.807, 2.05) is 32.0 Å². The number of benzene rings is 1. The molecule has 0 aliphatic heterocycles. The van der Waals surface area contributed by atoms with Crippen molar-refractivity contribution in [3.63, 3.8) is 0 Å². The van der Waals surface area contributed by atoms with Gasteiger partial charge in [0.15, 0.2) is 0 Å². The SMILES string of the molecule is CCN(c1cccc(C(=O)NC(C)C)c1)C1CCCC1. The predicted molar refractivity (Wildman–Crippen MR) is 84.3 cm³/mol. The normalized spacial score (nSPS) is 15.6. The molecule has 0 heterocycles. The molecule has 3 nitrogen and oxygen atoms in total. The number of nitrogens with zero attached hydrogens (tertiary/aromatic N) is 1. The van der Waals surface area contributed by atoms with Crippen LogP contribution in [0, 0.1) is 0 Å². The maximum Gasteiger partial charge on any atom is 0.251 e. The highest BCUT2D eigenvalue weighted by Crippen LogP contribution is 2.28. The third-order valence-electron chi connectivity index (χ3n) is 3.97. The maximum absolute atomic E-state index is 12.1.